The molecule has 0 heterocycles. The number of unbranched alkanes of at least 4 members (excludes halogenated alkanes) is 3. The highest BCUT2D eigenvalue weighted by molar-refractivity contribution is 4.86. The first-order valence-corrected chi connectivity index (χ1v) is 8.79. The minimum absolute atomic E-state index is 0.277. The molecule has 0 amide bonds. The second kappa shape index (κ2) is 9.04. The van der Waals surface area contributed by atoms with Gasteiger partial charge < -0.3 is 10.5 Å². The first kappa shape index (κ1) is 18.0. The number of methoxy groups -OCH3 is 1. The van der Waals surface area contributed by atoms with Crippen molar-refractivity contribution in [3.05, 3.63) is 0 Å². The van der Waals surface area contributed by atoms with Crippen LogP contribution >= 0.6 is 0 Å². The van der Waals surface area contributed by atoms with E-state index in [0.717, 1.165) is 6.42 Å². The average molecular weight is 284 g/mol. The van der Waals surface area contributed by atoms with Gasteiger partial charge in [-0.1, -0.05) is 59.3 Å². The number of rotatable bonds is 9. The Kier molecular flexibility index (Phi) is 8.13. The van der Waals surface area contributed by atoms with Crippen molar-refractivity contribution in [3.8, 4) is 0 Å². The fourth-order valence-electron chi connectivity index (χ4n) is 3.71. The monoisotopic (exact) mass is 283 g/mol. The highest BCUT2D eigenvalue weighted by atomic mass is 16.5. The van der Waals surface area contributed by atoms with Gasteiger partial charge in [0.1, 0.15) is 0 Å². The molecule has 0 bridgehead atoms. The van der Waals surface area contributed by atoms with Crippen molar-refractivity contribution in [2.24, 2.45) is 17.1 Å². The summed E-state index contributed by atoms with van der Waals surface area (Å²) in [6.45, 7) is 7.02. The molecule has 2 heteroatoms. The van der Waals surface area contributed by atoms with Gasteiger partial charge in [-0.15, -0.1) is 0 Å². The Morgan fingerprint density at radius 1 is 1.15 bits per heavy atom. The van der Waals surface area contributed by atoms with Crippen molar-refractivity contribution in [2.75, 3.05) is 7.11 Å². The molecule has 1 aliphatic rings. The molecule has 120 valence electrons. The normalized spacial score (nSPS) is 25.6. The van der Waals surface area contributed by atoms with Crippen LogP contribution in [0.2, 0.25) is 0 Å². The van der Waals surface area contributed by atoms with Crippen LogP contribution in [0.25, 0.3) is 0 Å². The van der Waals surface area contributed by atoms with Crippen molar-refractivity contribution >= 4 is 0 Å². The quantitative estimate of drug-likeness (QED) is 0.610. The highest BCUT2D eigenvalue weighted by Crippen LogP contribution is 2.36. The summed E-state index contributed by atoms with van der Waals surface area (Å²) in [6, 6.07) is 0.400. The molecule has 0 aromatic rings. The van der Waals surface area contributed by atoms with Gasteiger partial charge in [0, 0.05) is 13.2 Å². The van der Waals surface area contributed by atoms with Gasteiger partial charge in [-0.3, -0.25) is 0 Å². The molecule has 20 heavy (non-hydrogen) atoms. The average Bonchev–Trinajstić information content (AvgIpc) is 2.42. The predicted molar refractivity (Wildman–Crippen MR) is 87.9 cm³/mol. The minimum atomic E-state index is 0.277. The number of hydrogen-bond acceptors (Lipinski definition) is 2. The van der Waals surface area contributed by atoms with Gasteiger partial charge in [0.15, 0.2) is 0 Å². The molecular formula is C18H37NO. The van der Waals surface area contributed by atoms with Crippen LogP contribution in [0, 0.1) is 11.3 Å². The third-order valence-corrected chi connectivity index (χ3v) is 5.32. The topological polar surface area (TPSA) is 35.2 Å². The Hall–Kier alpha value is -0.0800. The number of ether oxygens (including phenoxy) is 1. The summed E-state index contributed by atoms with van der Waals surface area (Å²) >= 11 is 0. The van der Waals surface area contributed by atoms with E-state index in [9.17, 15) is 0 Å². The largest absolute Gasteiger partial charge is 0.381 e. The van der Waals surface area contributed by atoms with Crippen molar-refractivity contribution in [1.29, 1.82) is 0 Å². The zero-order valence-electron chi connectivity index (χ0n) is 14.3. The molecule has 0 aromatic carbocycles. The summed E-state index contributed by atoms with van der Waals surface area (Å²) in [5.74, 6) is 0.670. The molecule has 0 aromatic heterocycles. The van der Waals surface area contributed by atoms with Crippen LogP contribution in [-0.4, -0.2) is 19.3 Å². The lowest BCUT2D eigenvalue weighted by atomic mass is 9.73. The van der Waals surface area contributed by atoms with E-state index in [1.165, 1.54) is 57.8 Å². The third-order valence-electron chi connectivity index (χ3n) is 5.32. The van der Waals surface area contributed by atoms with Gasteiger partial charge in [-0.25, -0.2) is 0 Å². The maximum atomic E-state index is 6.31. The molecule has 0 saturated heterocycles. The van der Waals surface area contributed by atoms with Crippen LogP contribution in [-0.2, 0) is 4.74 Å². The van der Waals surface area contributed by atoms with Gasteiger partial charge in [0.05, 0.1) is 6.10 Å². The van der Waals surface area contributed by atoms with E-state index < -0.39 is 0 Å². The summed E-state index contributed by atoms with van der Waals surface area (Å²) in [5, 5.41) is 0. The Bertz CT molecular complexity index is 252. The maximum Gasteiger partial charge on any atom is 0.0625 e. The second-order valence-corrected chi connectivity index (χ2v) is 7.47. The summed E-state index contributed by atoms with van der Waals surface area (Å²) < 4.78 is 5.87. The number of hydrogen-bond donors (Lipinski definition) is 1. The maximum absolute atomic E-state index is 6.31. The fraction of sp³-hybridized carbons (Fsp3) is 1.00. The van der Waals surface area contributed by atoms with E-state index in [4.69, 9.17) is 10.5 Å². The molecular weight excluding hydrogens is 246 g/mol. The Morgan fingerprint density at radius 2 is 1.85 bits per heavy atom. The minimum Gasteiger partial charge on any atom is -0.381 e. The molecule has 3 atom stereocenters. The van der Waals surface area contributed by atoms with Crippen molar-refractivity contribution in [3.63, 3.8) is 0 Å². The van der Waals surface area contributed by atoms with E-state index >= 15 is 0 Å². The Labute approximate surface area is 126 Å². The van der Waals surface area contributed by atoms with Gasteiger partial charge in [-0.05, 0) is 37.0 Å². The summed E-state index contributed by atoms with van der Waals surface area (Å²) in [5.41, 5.74) is 6.59. The van der Waals surface area contributed by atoms with Gasteiger partial charge in [0.25, 0.3) is 0 Å². The van der Waals surface area contributed by atoms with E-state index in [1.807, 2.05) is 7.11 Å². The molecule has 0 radical (unpaired) electrons. The fourth-order valence-corrected chi connectivity index (χ4v) is 3.71. The van der Waals surface area contributed by atoms with E-state index in [0.29, 0.717) is 18.1 Å². The van der Waals surface area contributed by atoms with Crippen LogP contribution in [0.5, 0.6) is 0 Å². The zero-order chi connectivity index (χ0) is 15.0. The van der Waals surface area contributed by atoms with Crippen molar-refractivity contribution in [1.82, 2.24) is 0 Å². The lowest BCUT2D eigenvalue weighted by molar-refractivity contribution is -0.0205. The van der Waals surface area contributed by atoms with E-state index in [-0.39, 0.29) is 5.41 Å². The zero-order valence-corrected chi connectivity index (χ0v) is 14.3. The molecule has 2 nitrogen and oxygen atoms in total. The van der Waals surface area contributed by atoms with Gasteiger partial charge in [0.2, 0.25) is 0 Å². The summed E-state index contributed by atoms with van der Waals surface area (Å²) in [4.78, 5) is 0. The molecule has 1 aliphatic carbocycles. The summed E-state index contributed by atoms with van der Waals surface area (Å²) in [7, 11) is 1.88. The predicted octanol–water partition coefficient (Wildman–Crippen LogP) is 4.91. The second-order valence-electron chi connectivity index (χ2n) is 7.47. The Morgan fingerprint density at radius 3 is 2.45 bits per heavy atom. The standard InChI is InChI=1S/C18H37NO/c1-5-6-7-10-13-18(2,3)17(20-4)14-15-11-8-9-12-16(15)19/h15-17H,5-14,19H2,1-4H3. The van der Waals surface area contributed by atoms with Crippen molar-refractivity contribution in [2.45, 2.75) is 97.1 Å². The first-order chi connectivity index (χ1) is 9.51. The van der Waals surface area contributed by atoms with Crippen LogP contribution in [0.1, 0.15) is 85.0 Å². The van der Waals surface area contributed by atoms with Gasteiger partial charge >= 0.3 is 0 Å². The molecule has 1 saturated carbocycles. The third kappa shape index (κ3) is 5.73. The summed E-state index contributed by atoms with van der Waals surface area (Å²) in [6.07, 6.45) is 13.3. The molecule has 2 N–H and O–H groups in total. The SMILES string of the molecule is CCCCCCC(C)(C)C(CC1CCCCC1N)OC. The van der Waals surface area contributed by atoms with Crippen LogP contribution in [0.4, 0.5) is 0 Å². The van der Waals surface area contributed by atoms with Gasteiger partial charge in [-0.2, -0.15) is 0 Å². The molecule has 1 fully saturated rings. The molecule has 3 unspecified atom stereocenters. The number of nitrogens with two attached hydrogens (primary N) is 1. The Balaban J connectivity index is 2.45. The lowest BCUT2D eigenvalue weighted by Crippen LogP contribution is -2.40. The highest BCUT2D eigenvalue weighted by Gasteiger charge is 2.33. The first-order valence-electron chi connectivity index (χ1n) is 8.79. The molecule has 1 rings (SSSR count). The van der Waals surface area contributed by atoms with Crippen LogP contribution in [0.3, 0.4) is 0 Å². The van der Waals surface area contributed by atoms with Crippen LogP contribution in [0.15, 0.2) is 0 Å². The smallest absolute Gasteiger partial charge is 0.0625 e. The van der Waals surface area contributed by atoms with E-state index in [1.54, 1.807) is 0 Å². The van der Waals surface area contributed by atoms with Crippen LogP contribution < -0.4 is 5.73 Å². The van der Waals surface area contributed by atoms with Crippen molar-refractivity contribution < 1.29 is 4.74 Å². The molecule has 0 aliphatic heterocycles. The lowest BCUT2D eigenvalue weighted by Gasteiger charge is -2.38. The molecule has 0 spiro atoms. The van der Waals surface area contributed by atoms with E-state index in [2.05, 4.69) is 20.8 Å².